The summed E-state index contributed by atoms with van der Waals surface area (Å²) in [5.41, 5.74) is 24.0. The predicted molar refractivity (Wildman–Crippen MR) is 344 cm³/mol. The molecule has 46 heteroatoms. The second-order valence-electron chi connectivity index (χ2n) is 22.4. The van der Waals surface area contributed by atoms with E-state index in [1.165, 1.54) is 82.2 Å². The summed E-state index contributed by atoms with van der Waals surface area (Å²) in [6.07, 6.45) is -14.3. The highest BCUT2D eigenvalue weighted by molar-refractivity contribution is 8.44. The molecule has 4 fully saturated rings. The van der Waals surface area contributed by atoms with Crippen molar-refractivity contribution >= 4 is 91.0 Å². The summed E-state index contributed by atoms with van der Waals surface area (Å²) >= 11 is 10.1. The number of aryl methyl sites for hydroxylation is 2. The van der Waals surface area contributed by atoms with Crippen LogP contribution in [0.4, 0.5) is 23.3 Å². The van der Waals surface area contributed by atoms with Crippen molar-refractivity contribution < 1.29 is 108 Å². The monoisotopic (exact) mass is 1480 g/mol. The van der Waals surface area contributed by atoms with Crippen LogP contribution in [0.5, 0.6) is 0 Å². The Kier molecular flexibility index (Phi) is 25.2. The van der Waals surface area contributed by atoms with Crippen LogP contribution in [0.2, 0.25) is 0 Å². The van der Waals surface area contributed by atoms with Crippen molar-refractivity contribution in [1.82, 2.24) is 58.1 Å². The molecule has 0 saturated carbocycles. The number of ether oxygens (including phenoxy) is 12. The Bertz CT molecular complexity index is 3980. The van der Waals surface area contributed by atoms with Gasteiger partial charge in [-0.15, -0.1) is 0 Å². The molecule has 4 saturated heterocycles. The molecule has 0 radical (unpaired) electrons. The molecule has 10 rings (SSSR count). The van der Waals surface area contributed by atoms with Crippen LogP contribution >= 0.6 is 33.6 Å². The zero-order chi connectivity index (χ0) is 70.4. The van der Waals surface area contributed by atoms with Crippen LogP contribution in [-0.2, 0) is 105 Å². The van der Waals surface area contributed by atoms with Gasteiger partial charge in [0.2, 0.25) is 0 Å². The van der Waals surface area contributed by atoms with Crippen LogP contribution in [0.25, 0.3) is 22.3 Å². The van der Waals surface area contributed by atoms with E-state index in [2.05, 4.69) is 52.1 Å². The Morgan fingerprint density at radius 1 is 0.520 bits per heavy atom. The average molecular weight is 1480 g/mol. The molecule has 4 aliphatic rings. The molecule has 98 heavy (non-hydrogen) atoms. The SMILES string of the molecule is COCCOC1[C@@H](OP(=O)(O)OC[C@H]2O[C@@H](n3cc(C)c(N)nc3=O)C(OCCOC)[C@H]2OP(O)(=S)OC[C@H]2O[C@@H](n3cnc4c(N)ncnc43)C(OCCOC)[C@H]2OP(=O)(S)OC[C@H]2O[C@@H](n3cnc4c(N)ncnc43)C(OCCOC)[C@H]2O)[C@@H](C)O[C@H]1n1cc(C)c(N)nc1=O. The Morgan fingerprint density at radius 3 is 1.42 bits per heavy atom. The summed E-state index contributed by atoms with van der Waals surface area (Å²) in [5.74, 6) is -0.0628. The van der Waals surface area contributed by atoms with Crippen molar-refractivity contribution in [3.05, 3.63) is 69.8 Å². The zero-order valence-corrected chi connectivity index (χ0v) is 58.1. The molecule has 6 aromatic rings. The summed E-state index contributed by atoms with van der Waals surface area (Å²) in [6, 6.07) is 0. The van der Waals surface area contributed by atoms with Gasteiger partial charge in [-0.1, -0.05) is 12.2 Å². The Balaban J connectivity index is 0.931. The number of nitrogens with two attached hydrogens (primary N) is 4. The molecule has 542 valence electrons. The van der Waals surface area contributed by atoms with Gasteiger partial charge in [-0.25, -0.2) is 48.6 Å². The zero-order valence-electron chi connectivity index (χ0n) is 53.7. The number of hydrogen-bond donors (Lipinski definition) is 8. The first-order chi connectivity index (χ1) is 46.8. The number of rotatable bonds is 35. The van der Waals surface area contributed by atoms with Crippen LogP contribution < -0.4 is 34.3 Å². The topological polar surface area (TPSA) is 522 Å². The molecule has 41 nitrogen and oxygen atoms in total. The molecular weight excluding hydrogens is 1410 g/mol. The van der Waals surface area contributed by atoms with Crippen LogP contribution in [0.3, 0.4) is 0 Å². The predicted octanol–water partition coefficient (Wildman–Crippen LogP) is -0.217. The third-order valence-electron chi connectivity index (χ3n) is 15.9. The molecule has 0 aliphatic carbocycles. The van der Waals surface area contributed by atoms with Crippen LogP contribution in [0, 0.1) is 13.8 Å². The number of fused-ring (bicyclic) bond motifs is 2. The first kappa shape index (κ1) is 75.3. The quantitative estimate of drug-likeness (QED) is 0.0145. The molecule has 0 amide bonds. The van der Waals surface area contributed by atoms with E-state index in [9.17, 15) is 33.6 Å². The summed E-state index contributed by atoms with van der Waals surface area (Å²) in [5, 5.41) is 11.8. The molecule has 0 spiro atoms. The van der Waals surface area contributed by atoms with Crippen molar-refractivity contribution in [2.75, 3.05) is 124 Å². The highest BCUT2D eigenvalue weighted by Gasteiger charge is 2.56. The maximum absolute atomic E-state index is 14.9. The number of methoxy groups -OCH3 is 4. The maximum atomic E-state index is 14.9. The minimum absolute atomic E-state index is 0.00474. The lowest BCUT2D eigenvalue weighted by Crippen LogP contribution is -2.41. The molecule has 4 aliphatic heterocycles. The van der Waals surface area contributed by atoms with Crippen LogP contribution in [-0.4, -0.2) is 247 Å². The van der Waals surface area contributed by atoms with Gasteiger partial charge in [0.05, 0.1) is 91.4 Å². The number of hydrogen-bond acceptors (Lipinski definition) is 36. The van der Waals surface area contributed by atoms with Gasteiger partial charge in [0.1, 0.15) is 102 Å². The van der Waals surface area contributed by atoms with E-state index in [0.29, 0.717) is 11.1 Å². The van der Waals surface area contributed by atoms with Gasteiger partial charge in [0.25, 0.3) is 0 Å². The first-order valence-corrected chi connectivity index (χ1v) is 36.8. The average Bonchev–Trinajstić information content (AvgIpc) is 1.63. The number of nitrogen functional groups attached to an aromatic ring is 4. The number of phosphoric acid groups is 1. The number of aliphatic hydroxyl groups excluding tert-OH is 1. The number of anilines is 4. The van der Waals surface area contributed by atoms with Gasteiger partial charge in [0.15, 0.2) is 47.8 Å². The smallest absolute Gasteiger partial charge is 0.387 e. The number of imidazole rings is 2. The largest absolute Gasteiger partial charge is 0.472 e. The van der Waals surface area contributed by atoms with Crippen LogP contribution in [0.1, 0.15) is 43.0 Å². The standard InChI is InChI=1S/C52H77N16O25P3S2/c1-25-16-65(51(70)63-41(25)53)48-38(81-13-9-77-5)34(27(3)87-48)91-94(72,73)84-19-29-35(39(82-14-10-78-6)49(89-29)66-17-26(2)42(54)64-52(66)71)92-96(75,98)86-20-30-36(40(83-15-11-79-7)50(90-30)68-24-62-32-44(56)58-22-60-46(32)68)93-95(74,97)85-18-28-33(69)37(80-12-8-76-4)47(88-28)67-23-61-31-43(55)57-21-59-45(31)67/h16-17,21-24,27-30,33-40,47-50,69H,8-15,18-20H2,1-7H3,(H,72,73)(H,74,97)(H,75,98)(H2,53,63,70)(H2,54,64,71)(H2,55,57,59)(H2,56,58,60)/t27-,28-,29-,30-,33+,34+,35+,36+,37?,38?,39?,40?,47-,48-,49-,50-,95?,96?/m1/s1. The van der Waals surface area contributed by atoms with Crippen molar-refractivity contribution in [1.29, 1.82) is 0 Å². The normalized spacial score (nSPS) is 29.2. The number of aliphatic hydroxyl groups is 1. The molecule has 10 heterocycles. The Morgan fingerprint density at radius 2 is 0.929 bits per heavy atom. The van der Waals surface area contributed by atoms with Crippen molar-refractivity contribution in [2.24, 2.45) is 0 Å². The summed E-state index contributed by atoms with van der Waals surface area (Å²) < 4.78 is 142. The Hall–Kier alpha value is -5.32. The van der Waals surface area contributed by atoms with Crippen molar-refractivity contribution in [3.8, 4) is 0 Å². The minimum atomic E-state index is -5.32. The van der Waals surface area contributed by atoms with Crippen LogP contribution in [0.15, 0.2) is 47.3 Å². The lowest BCUT2D eigenvalue weighted by atomic mass is 10.1. The lowest BCUT2D eigenvalue weighted by Gasteiger charge is -2.30. The number of nitrogens with zero attached hydrogens (tertiary/aromatic N) is 12. The van der Waals surface area contributed by atoms with Gasteiger partial charge < -0.3 is 99.2 Å². The van der Waals surface area contributed by atoms with Gasteiger partial charge in [0, 0.05) is 52.0 Å². The summed E-state index contributed by atoms with van der Waals surface area (Å²) in [4.78, 5) is 84.1. The number of phosphoric ester groups is 1. The van der Waals surface area contributed by atoms with E-state index < -0.39 is 151 Å². The van der Waals surface area contributed by atoms with Gasteiger partial charge in [-0.3, -0.25) is 40.9 Å². The fourth-order valence-electron chi connectivity index (χ4n) is 11.1. The second-order valence-corrected chi connectivity index (χ2v) is 29.5. The third kappa shape index (κ3) is 17.2. The summed E-state index contributed by atoms with van der Waals surface area (Å²) in [6.45, 7) is -7.51. The summed E-state index contributed by atoms with van der Waals surface area (Å²) in [7, 11) is 0.384. The molecule has 7 unspecified atom stereocenters. The fourth-order valence-corrected chi connectivity index (χ4v) is 15.0. The highest BCUT2D eigenvalue weighted by Crippen LogP contribution is 2.58. The highest BCUT2D eigenvalue weighted by atomic mass is 32.7. The van der Waals surface area contributed by atoms with Gasteiger partial charge in [-0.05, 0) is 32.6 Å². The van der Waals surface area contributed by atoms with Gasteiger partial charge >= 0.3 is 32.7 Å². The van der Waals surface area contributed by atoms with Crippen molar-refractivity contribution in [2.45, 2.75) is 119 Å². The lowest BCUT2D eigenvalue weighted by molar-refractivity contribution is -0.0843. The molecule has 6 aromatic heterocycles. The third-order valence-corrected chi connectivity index (χ3v) is 20.0. The van der Waals surface area contributed by atoms with Gasteiger partial charge in [-0.2, -0.15) is 9.97 Å². The molecule has 0 bridgehead atoms. The van der Waals surface area contributed by atoms with E-state index in [1.54, 1.807) is 13.8 Å². The van der Waals surface area contributed by atoms with E-state index >= 15 is 0 Å². The van der Waals surface area contributed by atoms with E-state index in [4.69, 9.17) is 119 Å². The molecule has 11 N–H and O–H groups in total. The maximum Gasteiger partial charge on any atom is 0.472 e. The minimum Gasteiger partial charge on any atom is -0.387 e. The molecular formula is C52H77N16O25P3S2. The Labute approximate surface area is 567 Å². The molecule has 19 atom stereocenters. The second kappa shape index (κ2) is 32.8. The fraction of sp³-hybridized carbons (Fsp3) is 0.654. The number of thiol groups is 1. The first-order valence-electron chi connectivity index (χ1n) is 30.0. The van der Waals surface area contributed by atoms with E-state index in [0.717, 1.165) is 9.13 Å². The van der Waals surface area contributed by atoms with Crippen molar-refractivity contribution in [3.63, 3.8) is 0 Å². The van der Waals surface area contributed by atoms with E-state index in [-0.39, 0.29) is 98.5 Å². The number of aromatic nitrogens is 12. The van der Waals surface area contributed by atoms with E-state index in [1.807, 2.05) is 0 Å². The molecule has 0 aromatic carbocycles.